The number of rotatable bonds is 4. The number of sulfonamides is 1. The maximum atomic E-state index is 12.5. The minimum atomic E-state index is -3.77. The molecule has 0 amide bonds. The molecule has 2 rings (SSSR count). The summed E-state index contributed by atoms with van der Waals surface area (Å²) in [7, 11) is -0.824. The predicted octanol–water partition coefficient (Wildman–Crippen LogP) is 1.81. The molecule has 2 aromatic rings. The average molecular weight is 308 g/mol. The van der Waals surface area contributed by atoms with E-state index in [9.17, 15) is 13.5 Å². The summed E-state index contributed by atoms with van der Waals surface area (Å²) >= 11 is 0. The van der Waals surface area contributed by atoms with Crippen molar-refractivity contribution in [3.63, 3.8) is 0 Å². The fourth-order valence-corrected chi connectivity index (χ4v) is 3.02. The lowest BCUT2D eigenvalue weighted by molar-refractivity contribution is 0.415. The summed E-state index contributed by atoms with van der Waals surface area (Å²) in [5.41, 5.74) is 6.02. The zero-order valence-electron chi connectivity index (χ0n) is 11.6. The highest BCUT2D eigenvalue weighted by atomic mass is 32.2. The standard InChI is InChI=1S/C14H16N2O4S/c1-16(10-4-3-5-11(8-10)20-2)21(18,19)12-6-7-14(17)13(15)9-12/h3-9,17H,15H2,1-2H3. The summed E-state index contributed by atoms with van der Waals surface area (Å²) in [6.45, 7) is 0. The fourth-order valence-electron chi connectivity index (χ4n) is 1.80. The third kappa shape index (κ3) is 2.87. The second-order valence-corrected chi connectivity index (χ2v) is 6.36. The van der Waals surface area contributed by atoms with E-state index in [1.165, 1.54) is 32.4 Å². The van der Waals surface area contributed by atoms with E-state index in [1.807, 2.05) is 0 Å². The van der Waals surface area contributed by atoms with Crippen molar-refractivity contribution in [2.24, 2.45) is 0 Å². The van der Waals surface area contributed by atoms with E-state index >= 15 is 0 Å². The van der Waals surface area contributed by atoms with Gasteiger partial charge in [0.1, 0.15) is 11.5 Å². The maximum absolute atomic E-state index is 12.5. The molecular weight excluding hydrogens is 292 g/mol. The lowest BCUT2D eigenvalue weighted by atomic mass is 10.3. The van der Waals surface area contributed by atoms with Crippen LogP contribution in [0.25, 0.3) is 0 Å². The molecule has 0 aromatic heterocycles. The van der Waals surface area contributed by atoms with E-state index in [2.05, 4.69) is 0 Å². The molecule has 0 bridgehead atoms. The van der Waals surface area contributed by atoms with Crippen LogP contribution in [0.5, 0.6) is 11.5 Å². The van der Waals surface area contributed by atoms with Gasteiger partial charge >= 0.3 is 0 Å². The molecule has 3 N–H and O–H groups in total. The van der Waals surface area contributed by atoms with Gasteiger partial charge in [-0.2, -0.15) is 0 Å². The molecule has 0 aliphatic heterocycles. The van der Waals surface area contributed by atoms with Crippen LogP contribution in [0.3, 0.4) is 0 Å². The van der Waals surface area contributed by atoms with Gasteiger partial charge in [-0.15, -0.1) is 0 Å². The number of anilines is 2. The Labute approximate surface area is 123 Å². The van der Waals surface area contributed by atoms with Crippen LogP contribution in [0.15, 0.2) is 47.4 Å². The van der Waals surface area contributed by atoms with Gasteiger partial charge in [0, 0.05) is 13.1 Å². The molecule has 0 spiro atoms. The third-order valence-corrected chi connectivity index (χ3v) is 4.86. The zero-order chi connectivity index (χ0) is 15.6. The molecule has 6 nitrogen and oxygen atoms in total. The van der Waals surface area contributed by atoms with E-state index in [0.717, 1.165) is 4.31 Å². The van der Waals surface area contributed by atoms with Gasteiger partial charge in [-0.1, -0.05) is 6.07 Å². The molecule has 2 aromatic carbocycles. The Hall–Kier alpha value is -2.41. The van der Waals surface area contributed by atoms with Gasteiger partial charge in [-0.25, -0.2) is 8.42 Å². The first-order valence-corrected chi connectivity index (χ1v) is 7.51. The number of hydrogen-bond acceptors (Lipinski definition) is 5. The van der Waals surface area contributed by atoms with Crippen LogP contribution in [0, 0.1) is 0 Å². The lowest BCUT2D eigenvalue weighted by Crippen LogP contribution is -2.26. The minimum absolute atomic E-state index is 0.00289. The highest BCUT2D eigenvalue weighted by molar-refractivity contribution is 7.92. The highest BCUT2D eigenvalue weighted by Gasteiger charge is 2.22. The molecule has 0 atom stereocenters. The fraction of sp³-hybridized carbons (Fsp3) is 0.143. The van der Waals surface area contributed by atoms with E-state index in [0.29, 0.717) is 11.4 Å². The second-order valence-electron chi connectivity index (χ2n) is 4.39. The number of ether oxygens (including phenoxy) is 1. The quantitative estimate of drug-likeness (QED) is 0.664. The van der Waals surface area contributed by atoms with Gasteiger partial charge in [0.25, 0.3) is 10.0 Å². The van der Waals surface area contributed by atoms with Crippen LogP contribution in [0.1, 0.15) is 0 Å². The van der Waals surface area contributed by atoms with Crippen molar-refractivity contribution in [2.45, 2.75) is 4.90 Å². The summed E-state index contributed by atoms with van der Waals surface area (Å²) in [6, 6.07) is 10.5. The van der Waals surface area contributed by atoms with Crippen molar-refractivity contribution in [3.05, 3.63) is 42.5 Å². The SMILES string of the molecule is COc1cccc(N(C)S(=O)(=O)c2ccc(O)c(N)c2)c1. The van der Waals surface area contributed by atoms with E-state index < -0.39 is 10.0 Å². The van der Waals surface area contributed by atoms with Crippen molar-refractivity contribution < 1.29 is 18.3 Å². The van der Waals surface area contributed by atoms with E-state index in [-0.39, 0.29) is 16.3 Å². The summed E-state index contributed by atoms with van der Waals surface area (Å²) in [4.78, 5) is 0.00289. The molecule has 21 heavy (non-hydrogen) atoms. The van der Waals surface area contributed by atoms with Gasteiger partial charge in [-0.05, 0) is 30.3 Å². The Morgan fingerprint density at radius 3 is 2.52 bits per heavy atom. The second kappa shape index (κ2) is 5.53. The number of hydrogen-bond donors (Lipinski definition) is 2. The summed E-state index contributed by atoms with van der Waals surface area (Å²) in [5, 5.41) is 9.38. The highest BCUT2D eigenvalue weighted by Crippen LogP contribution is 2.28. The summed E-state index contributed by atoms with van der Waals surface area (Å²) in [5.74, 6) is 0.401. The number of phenolic OH excluding ortho intramolecular Hbond substituents is 1. The molecule has 0 radical (unpaired) electrons. The molecule has 0 heterocycles. The van der Waals surface area contributed by atoms with Crippen molar-refractivity contribution in [3.8, 4) is 11.5 Å². The molecule has 112 valence electrons. The number of methoxy groups -OCH3 is 1. The molecule has 0 aliphatic rings. The predicted molar refractivity (Wildman–Crippen MR) is 81.1 cm³/mol. The van der Waals surface area contributed by atoms with Crippen molar-refractivity contribution in [1.29, 1.82) is 0 Å². The van der Waals surface area contributed by atoms with Crippen molar-refractivity contribution in [1.82, 2.24) is 0 Å². The van der Waals surface area contributed by atoms with Crippen molar-refractivity contribution in [2.75, 3.05) is 24.2 Å². The Morgan fingerprint density at radius 1 is 1.19 bits per heavy atom. The number of benzene rings is 2. The number of nitrogen functional groups attached to an aromatic ring is 1. The van der Waals surface area contributed by atoms with Crippen LogP contribution >= 0.6 is 0 Å². The van der Waals surface area contributed by atoms with Gasteiger partial charge < -0.3 is 15.6 Å². The first-order chi connectivity index (χ1) is 9.86. The Kier molecular flexibility index (Phi) is 3.95. The van der Waals surface area contributed by atoms with Gasteiger partial charge in [0.15, 0.2) is 0 Å². The molecule has 7 heteroatoms. The molecule has 0 saturated carbocycles. The minimum Gasteiger partial charge on any atom is -0.506 e. The zero-order valence-corrected chi connectivity index (χ0v) is 12.5. The van der Waals surface area contributed by atoms with Gasteiger partial charge in [0.05, 0.1) is 23.4 Å². The van der Waals surface area contributed by atoms with Gasteiger partial charge in [0.2, 0.25) is 0 Å². The molecule has 0 fully saturated rings. The van der Waals surface area contributed by atoms with Crippen LogP contribution in [-0.4, -0.2) is 27.7 Å². The molecule has 0 saturated heterocycles. The van der Waals surface area contributed by atoms with Crippen LogP contribution in [0.2, 0.25) is 0 Å². The Balaban J connectivity index is 2.44. The third-order valence-electron chi connectivity index (χ3n) is 3.07. The first kappa shape index (κ1) is 15.0. The lowest BCUT2D eigenvalue weighted by Gasteiger charge is -2.20. The summed E-state index contributed by atoms with van der Waals surface area (Å²) < 4.78 is 31.3. The summed E-state index contributed by atoms with van der Waals surface area (Å²) in [6.07, 6.45) is 0. The van der Waals surface area contributed by atoms with E-state index in [4.69, 9.17) is 10.5 Å². The first-order valence-electron chi connectivity index (χ1n) is 6.07. The number of nitrogens with zero attached hydrogens (tertiary/aromatic N) is 1. The number of aromatic hydroxyl groups is 1. The van der Waals surface area contributed by atoms with Gasteiger partial charge in [-0.3, -0.25) is 4.31 Å². The maximum Gasteiger partial charge on any atom is 0.264 e. The van der Waals surface area contributed by atoms with Crippen LogP contribution < -0.4 is 14.8 Å². The Morgan fingerprint density at radius 2 is 1.90 bits per heavy atom. The van der Waals surface area contributed by atoms with Crippen molar-refractivity contribution >= 4 is 21.4 Å². The van der Waals surface area contributed by atoms with Crippen LogP contribution in [-0.2, 0) is 10.0 Å². The normalized spacial score (nSPS) is 11.1. The topological polar surface area (TPSA) is 92.9 Å². The molecule has 0 unspecified atom stereocenters. The smallest absolute Gasteiger partial charge is 0.264 e. The van der Waals surface area contributed by atoms with E-state index in [1.54, 1.807) is 24.3 Å². The monoisotopic (exact) mass is 308 g/mol. The largest absolute Gasteiger partial charge is 0.506 e. The number of nitrogens with two attached hydrogens (primary N) is 1. The number of phenols is 1. The molecule has 0 aliphatic carbocycles. The van der Waals surface area contributed by atoms with Crippen LogP contribution in [0.4, 0.5) is 11.4 Å². The Bertz CT molecular complexity index is 759. The average Bonchev–Trinajstić information content (AvgIpc) is 2.49. The molecular formula is C14H16N2O4S.